The molecule has 0 radical (unpaired) electrons. The van der Waals surface area contributed by atoms with Crippen LogP contribution in [0, 0.1) is 11.3 Å². The quantitative estimate of drug-likeness (QED) is 0.745. The van der Waals surface area contributed by atoms with Gasteiger partial charge in [-0.05, 0) is 36.6 Å². The standard InChI is InChI=1S/C13H14ClN3O3S/c1-21-5-4-10(12(18)19)16-13(20)17-11-6-8(7-15)2-3-9(11)14/h2-3,6,10H,4-5H2,1H3,(H,18,19)(H2,16,17,20)/t10-/m1/s1. The molecule has 112 valence electrons. The molecule has 0 unspecified atom stereocenters. The first-order chi connectivity index (χ1) is 9.97. The molecule has 0 aliphatic carbocycles. The fourth-order valence-corrected chi connectivity index (χ4v) is 2.14. The molecule has 0 spiro atoms. The minimum absolute atomic E-state index is 0.252. The number of carbonyl (C=O) groups excluding carboxylic acids is 1. The number of nitrogens with one attached hydrogen (secondary N) is 2. The van der Waals surface area contributed by atoms with Crippen molar-refractivity contribution in [3.05, 3.63) is 28.8 Å². The topological polar surface area (TPSA) is 102 Å². The molecule has 1 aromatic rings. The maximum atomic E-state index is 11.8. The van der Waals surface area contributed by atoms with Crippen molar-refractivity contribution in [2.24, 2.45) is 0 Å². The number of halogens is 1. The van der Waals surface area contributed by atoms with Gasteiger partial charge in [0.25, 0.3) is 0 Å². The van der Waals surface area contributed by atoms with Crippen molar-refractivity contribution in [1.82, 2.24) is 5.32 Å². The van der Waals surface area contributed by atoms with Crippen LogP contribution in [0.4, 0.5) is 10.5 Å². The number of anilines is 1. The first kappa shape index (κ1) is 17.1. The molecule has 1 rings (SSSR count). The van der Waals surface area contributed by atoms with Crippen LogP contribution in [0.25, 0.3) is 0 Å². The van der Waals surface area contributed by atoms with Gasteiger partial charge in [-0.25, -0.2) is 9.59 Å². The SMILES string of the molecule is CSCC[C@@H](NC(=O)Nc1cc(C#N)ccc1Cl)C(=O)O. The highest BCUT2D eigenvalue weighted by atomic mass is 35.5. The van der Waals surface area contributed by atoms with Crippen LogP contribution in [-0.4, -0.2) is 35.2 Å². The van der Waals surface area contributed by atoms with Crippen LogP contribution in [0.1, 0.15) is 12.0 Å². The predicted molar refractivity (Wildman–Crippen MR) is 82.7 cm³/mol. The number of carboxylic acid groups (broad SMARTS) is 1. The Morgan fingerprint density at radius 1 is 1.52 bits per heavy atom. The summed E-state index contributed by atoms with van der Waals surface area (Å²) in [4.78, 5) is 22.8. The minimum Gasteiger partial charge on any atom is -0.480 e. The first-order valence-corrected chi connectivity index (χ1v) is 7.74. The maximum Gasteiger partial charge on any atom is 0.326 e. The second-order valence-corrected chi connectivity index (χ2v) is 5.47. The summed E-state index contributed by atoms with van der Waals surface area (Å²) >= 11 is 7.40. The van der Waals surface area contributed by atoms with Crippen LogP contribution in [0.3, 0.4) is 0 Å². The van der Waals surface area contributed by atoms with Gasteiger partial charge in [0.05, 0.1) is 22.3 Å². The Bertz CT molecular complexity index is 574. The Kier molecular flexibility index (Phi) is 6.85. The highest BCUT2D eigenvalue weighted by molar-refractivity contribution is 7.98. The van der Waals surface area contributed by atoms with Crippen molar-refractivity contribution >= 4 is 41.1 Å². The third-order valence-electron chi connectivity index (χ3n) is 2.56. The lowest BCUT2D eigenvalue weighted by molar-refractivity contribution is -0.139. The molecule has 1 atom stereocenters. The number of hydrogen-bond acceptors (Lipinski definition) is 4. The van der Waals surface area contributed by atoms with E-state index in [-0.39, 0.29) is 10.7 Å². The molecule has 0 aliphatic heterocycles. The maximum absolute atomic E-state index is 11.8. The number of carbonyl (C=O) groups is 2. The highest BCUT2D eigenvalue weighted by Crippen LogP contribution is 2.22. The van der Waals surface area contributed by atoms with E-state index < -0.39 is 18.0 Å². The van der Waals surface area contributed by atoms with E-state index in [2.05, 4.69) is 10.6 Å². The Morgan fingerprint density at radius 2 is 2.24 bits per heavy atom. The van der Waals surface area contributed by atoms with Crippen LogP contribution >= 0.6 is 23.4 Å². The van der Waals surface area contributed by atoms with E-state index in [4.69, 9.17) is 22.0 Å². The zero-order valence-electron chi connectivity index (χ0n) is 11.2. The van der Waals surface area contributed by atoms with Crippen molar-refractivity contribution in [3.8, 4) is 6.07 Å². The van der Waals surface area contributed by atoms with Gasteiger partial charge in [-0.15, -0.1) is 0 Å². The molecule has 1 aromatic carbocycles. The van der Waals surface area contributed by atoms with E-state index in [0.717, 1.165) is 0 Å². The van der Waals surface area contributed by atoms with Crippen molar-refractivity contribution in [1.29, 1.82) is 5.26 Å². The van der Waals surface area contributed by atoms with Gasteiger partial charge in [-0.3, -0.25) is 0 Å². The number of urea groups is 1. The summed E-state index contributed by atoms with van der Waals surface area (Å²) in [5, 5.41) is 22.9. The Labute approximate surface area is 131 Å². The van der Waals surface area contributed by atoms with Crippen LogP contribution in [0.2, 0.25) is 5.02 Å². The summed E-state index contributed by atoms with van der Waals surface area (Å²) in [6.45, 7) is 0. The van der Waals surface area contributed by atoms with Gasteiger partial charge in [0.1, 0.15) is 6.04 Å². The van der Waals surface area contributed by atoms with E-state index in [1.807, 2.05) is 12.3 Å². The Hall–Kier alpha value is -1.91. The normalized spacial score (nSPS) is 11.3. The second-order valence-electron chi connectivity index (χ2n) is 4.08. The van der Waals surface area contributed by atoms with Gasteiger partial charge in [0, 0.05) is 0 Å². The zero-order valence-corrected chi connectivity index (χ0v) is 12.8. The van der Waals surface area contributed by atoms with Crippen LogP contribution in [0.5, 0.6) is 0 Å². The van der Waals surface area contributed by atoms with E-state index in [0.29, 0.717) is 17.7 Å². The van der Waals surface area contributed by atoms with E-state index >= 15 is 0 Å². The lowest BCUT2D eigenvalue weighted by Crippen LogP contribution is -2.43. The van der Waals surface area contributed by atoms with E-state index in [9.17, 15) is 9.59 Å². The van der Waals surface area contributed by atoms with Gasteiger partial charge in [0.2, 0.25) is 0 Å². The molecular formula is C13H14ClN3O3S. The molecule has 0 aliphatic rings. The number of benzene rings is 1. The average Bonchev–Trinajstić information content (AvgIpc) is 2.45. The summed E-state index contributed by atoms with van der Waals surface area (Å²) in [6, 6.07) is 4.69. The third-order valence-corrected chi connectivity index (χ3v) is 3.53. The molecular weight excluding hydrogens is 314 g/mol. The Balaban J connectivity index is 2.72. The number of amides is 2. The van der Waals surface area contributed by atoms with Gasteiger partial charge >= 0.3 is 12.0 Å². The number of nitriles is 1. The number of nitrogens with zero attached hydrogens (tertiary/aromatic N) is 1. The molecule has 0 aromatic heterocycles. The lowest BCUT2D eigenvalue weighted by atomic mass is 10.2. The largest absolute Gasteiger partial charge is 0.480 e. The van der Waals surface area contributed by atoms with Gasteiger partial charge in [-0.2, -0.15) is 17.0 Å². The highest BCUT2D eigenvalue weighted by Gasteiger charge is 2.19. The number of hydrogen-bond donors (Lipinski definition) is 3. The van der Waals surface area contributed by atoms with E-state index in [1.165, 1.54) is 30.0 Å². The molecule has 0 saturated heterocycles. The summed E-state index contributed by atoms with van der Waals surface area (Å²) in [6.07, 6.45) is 2.17. The third kappa shape index (κ3) is 5.53. The molecule has 8 heteroatoms. The lowest BCUT2D eigenvalue weighted by Gasteiger charge is -2.15. The zero-order chi connectivity index (χ0) is 15.8. The summed E-state index contributed by atoms with van der Waals surface area (Å²) in [5.74, 6) is -0.488. The minimum atomic E-state index is -1.10. The van der Waals surface area contributed by atoms with Gasteiger partial charge in [0.15, 0.2) is 0 Å². The van der Waals surface area contributed by atoms with Crippen molar-refractivity contribution < 1.29 is 14.7 Å². The van der Waals surface area contributed by atoms with Crippen LogP contribution < -0.4 is 10.6 Å². The first-order valence-electron chi connectivity index (χ1n) is 5.96. The number of aliphatic carboxylic acids is 1. The average molecular weight is 328 g/mol. The van der Waals surface area contributed by atoms with Crippen LogP contribution in [0.15, 0.2) is 18.2 Å². The van der Waals surface area contributed by atoms with Crippen LogP contribution in [-0.2, 0) is 4.79 Å². The monoisotopic (exact) mass is 327 g/mol. The van der Waals surface area contributed by atoms with Crippen molar-refractivity contribution in [3.63, 3.8) is 0 Å². The number of carboxylic acids is 1. The molecule has 2 amide bonds. The summed E-state index contributed by atoms with van der Waals surface area (Å²) in [7, 11) is 0. The fourth-order valence-electron chi connectivity index (χ4n) is 1.50. The van der Waals surface area contributed by atoms with Gasteiger partial charge < -0.3 is 15.7 Å². The number of rotatable bonds is 6. The fraction of sp³-hybridized carbons (Fsp3) is 0.308. The van der Waals surface area contributed by atoms with Crippen molar-refractivity contribution in [2.45, 2.75) is 12.5 Å². The summed E-state index contributed by atoms with van der Waals surface area (Å²) in [5.41, 5.74) is 0.592. The molecule has 3 N–H and O–H groups in total. The van der Waals surface area contributed by atoms with Crippen molar-refractivity contribution in [2.75, 3.05) is 17.3 Å². The molecule has 0 bridgehead atoms. The van der Waals surface area contributed by atoms with Gasteiger partial charge in [-0.1, -0.05) is 11.6 Å². The summed E-state index contributed by atoms with van der Waals surface area (Å²) < 4.78 is 0. The molecule has 0 fully saturated rings. The smallest absolute Gasteiger partial charge is 0.326 e. The predicted octanol–water partition coefficient (Wildman–Crippen LogP) is 2.54. The number of thioether (sulfide) groups is 1. The molecule has 0 saturated carbocycles. The Morgan fingerprint density at radius 3 is 2.81 bits per heavy atom. The second kappa shape index (κ2) is 8.39. The molecule has 21 heavy (non-hydrogen) atoms. The van der Waals surface area contributed by atoms with E-state index in [1.54, 1.807) is 0 Å². The molecule has 0 heterocycles. The molecule has 6 nitrogen and oxygen atoms in total.